The second-order valence-corrected chi connectivity index (χ2v) is 3.00. The molecular formula is C10H12N2O. The van der Waals surface area contributed by atoms with Crippen LogP contribution in [0.2, 0.25) is 0 Å². The molecular weight excluding hydrogens is 164 g/mol. The summed E-state index contributed by atoms with van der Waals surface area (Å²) in [6.45, 7) is 2.61. The van der Waals surface area contributed by atoms with Crippen LogP contribution < -0.4 is 0 Å². The molecule has 0 N–H and O–H groups in total. The Labute approximate surface area is 78.2 Å². The van der Waals surface area contributed by atoms with E-state index >= 15 is 0 Å². The van der Waals surface area contributed by atoms with Crippen molar-refractivity contribution in [3.8, 4) is 12.1 Å². The number of nitriles is 2. The third-order valence-electron chi connectivity index (χ3n) is 2.18. The van der Waals surface area contributed by atoms with E-state index in [1.165, 1.54) is 0 Å². The van der Waals surface area contributed by atoms with E-state index in [1.807, 2.05) is 6.92 Å². The lowest BCUT2D eigenvalue weighted by atomic mass is 9.91. The minimum Gasteiger partial charge on any atom is -0.378 e. The molecule has 0 bridgehead atoms. The maximum absolute atomic E-state index is 8.76. The first-order valence-electron chi connectivity index (χ1n) is 4.45. The zero-order valence-corrected chi connectivity index (χ0v) is 7.71. The van der Waals surface area contributed by atoms with Crippen molar-refractivity contribution in [3.63, 3.8) is 0 Å². The number of hydrogen-bond donors (Lipinski definition) is 0. The molecule has 1 aliphatic rings. The molecule has 3 nitrogen and oxygen atoms in total. The monoisotopic (exact) mass is 176 g/mol. The fourth-order valence-corrected chi connectivity index (χ4v) is 1.52. The zero-order chi connectivity index (χ0) is 9.68. The number of rotatable bonds is 2. The van der Waals surface area contributed by atoms with E-state index < -0.39 is 0 Å². The Morgan fingerprint density at radius 1 is 1.38 bits per heavy atom. The number of allylic oxidation sites excluding steroid dienone is 1. The molecule has 0 spiro atoms. The van der Waals surface area contributed by atoms with Crippen molar-refractivity contribution >= 4 is 0 Å². The molecule has 1 atom stereocenters. The molecule has 0 radical (unpaired) electrons. The predicted molar refractivity (Wildman–Crippen MR) is 47.5 cm³/mol. The first-order valence-corrected chi connectivity index (χ1v) is 4.45. The highest BCUT2D eigenvalue weighted by molar-refractivity contribution is 5.38. The van der Waals surface area contributed by atoms with Gasteiger partial charge in [-0.05, 0) is 19.8 Å². The van der Waals surface area contributed by atoms with Crippen LogP contribution in [0.4, 0.5) is 0 Å². The normalized spacial score (nSPS) is 22.2. The van der Waals surface area contributed by atoms with Gasteiger partial charge in [-0.1, -0.05) is 0 Å². The summed E-state index contributed by atoms with van der Waals surface area (Å²) in [7, 11) is 0. The predicted octanol–water partition coefficient (Wildman–Crippen LogP) is 1.92. The van der Waals surface area contributed by atoms with E-state index in [2.05, 4.69) is 12.1 Å². The zero-order valence-electron chi connectivity index (χ0n) is 7.71. The van der Waals surface area contributed by atoms with Crippen molar-refractivity contribution in [1.29, 1.82) is 10.5 Å². The van der Waals surface area contributed by atoms with Crippen LogP contribution in [0.15, 0.2) is 11.1 Å². The molecule has 0 saturated heterocycles. The van der Waals surface area contributed by atoms with Crippen LogP contribution >= 0.6 is 0 Å². The van der Waals surface area contributed by atoms with E-state index in [0.29, 0.717) is 30.6 Å². The molecule has 0 aromatic carbocycles. The Kier molecular flexibility index (Phi) is 3.49. The summed E-state index contributed by atoms with van der Waals surface area (Å²) < 4.78 is 5.41. The summed E-state index contributed by atoms with van der Waals surface area (Å²) >= 11 is 0. The maximum Gasteiger partial charge on any atom is 0.0958 e. The molecule has 0 fully saturated rings. The van der Waals surface area contributed by atoms with Crippen molar-refractivity contribution < 1.29 is 4.74 Å². The molecule has 1 aliphatic carbocycles. The lowest BCUT2D eigenvalue weighted by Gasteiger charge is -2.21. The molecule has 13 heavy (non-hydrogen) atoms. The van der Waals surface area contributed by atoms with Crippen LogP contribution in [0, 0.1) is 22.7 Å². The van der Waals surface area contributed by atoms with Crippen LogP contribution in [0.3, 0.4) is 0 Å². The van der Waals surface area contributed by atoms with Crippen LogP contribution in [0.25, 0.3) is 0 Å². The van der Waals surface area contributed by atoms with Gasteiger partial charge in [-0.15, -0.1) is 0 Å². The average molecular weight is 176 g/mol. The van der Waals surface area contributed by atoms with E-state index in [1.54, 1.807) is 0 Å². The highest BCUT2D eigenvalue weighted by Gasteiger charge is 2.20. The van der Waals surface area contributed by atoms with Crippen LogP contribution in [0.1, 0.15) is 26.2 Å². The number of nitrogens with zero attached hydrogens (tertiary/aromatic N) is 2. The lowest BCUT2D eigenvalue weighted by molar-refractivity contribution is 0.0548. The Morgan fingerprint density at radius 2 is 2.08 bits per heavy atom. The highest BCUT2D eigenvalue weighted by Crippen LogP contribution is 2.25. The van der Waals surface area contributed by atoms with E-state index in [4.69, 9.17) is 15.3 Å². The summed E-state index contributed by atoms with van der Waals surface area (Å²) in [6, 6.07) is 4.14. The lowest BCUT2D eigenvalue weighted by Crippen LogP contribution is -2.18. The largest absolute Gasteiger partial charge is 0.378 e. The van der Waals surface area contributed by atoms with Gasteiger partial charge in [0.2, 0.25) is 0 Å². The first-order chi connectivity index (χ1) is 6.31. The fraction of sp³-hybridized carbons (Fsp3) is 0.600. The minimum absolute atomic E-state index is 0.136. The van der Waals surface area contributed by atoms with Crippen LogP contribution in [-0.2, 0) is 4.74 Å². The van der Waals surface area contributed by atoms with Gasteiger partial charge in [0, 0.05) is 24.2 Å². The first kappa shape index (κ1) is 9.77. The van der Waals surface area contributed by atoms with E-state index in [9.17, 15) is 0 Å². The van der Waals surface area contributed by atoms with Gasteiger partial charge in [-0.3, -0.25) is 0 Å². The third-order valence-corrected chi connectivity index (χ3v) is 2.18. The second kappa shape index (κ2) is 4.64. The van der Waals surface area contributed by atoms with Crippen molar-refractivity contribution in [2.45, 2.75) is 32.3 Å². The average Bonchev–Trinajstić information content (AvgIpc) is 2.18. The summed E-state index contributed by atoms with van der Waals surface area (Å²) in [5, 5.41) is 17.5. The van der Waals surface area contributed by atoms with Crippen molar-refractivity contribution in [2.24, 2.45) is 0 Å². The van der Waals surface area contributed by atoms with Crippen LogP contribution in [0.5, 0.6) is 0 Å². The summed E-state index contributed by atoms with van der Waals surface area (Å²) in [5.41, 5.74) is 1.24. The van der Waals surface area contributed by atoms with E-state index in [0.717, 1.165) is 6.42 Å². The Morgan fingerprint density at radius 3 is 2.62 bits per heavy atom. The topological polar surface area (TPSA) is 56.8 Å². The third kappa shape index (κ3) is 2.31. The highest BCUT2D eigenvalue weighted by atomic mass is 16.5. The van der Waals surface area contributed by atoms with Gasteiger partial charge in [0.1, 0.15) is 0 Å². The quantitative estimate of drug-likeness (QED) is 0.645. The molecule has 0 aliphatic heterocycles. The van der Waals surface area contributed by atoms with Gasteiger partial charge < -0.3 is 4.74 Å². The van der Waals surface area contributed by atoms with E-state index in [-0.39, 0.29) is 6.10 Å². The molecule has 0 amide bonds. The minimum atomic E-state index is 0.136. The summed E-state index contributed by atoms with van der Waals surface area (Å²) in [6.07, 6.45) is 2.29. The molecule has 0 heterocycles. The molecule has 1 unspecified atom stereocenters. The Hall–Kier alpha value is -1.32. The van der Waals surface area contributed by atoms with Crippen molar-refractivity contribution in [3.05, 3.63) is 11.1 Å². The second-order valence-electron chi connectivity index (χ2n) is 3.00. The van der Waals surface area contributed by atoms with Gasteiger partial charge in [-0.25, -0.2) is 0 Å². The van der Waals surface area contributed by atoms with Crippen molar-refractivity contribution in [1.82, 2.24) is 0 Å². The SMILES string of the molecule is CCOC1CCC(C#N)=C(C#N)C1. The van der Waals surface area contributed by atoms with Gasteiger partial charge in [0.05, 0.1) is 18.2 Å². The molecule has 0 aromatic heterocycles. The standard InChI is InChI=1S/C10H12N2O/c1-2-13-10-4-3-8(6-11)9(5-10)7-12/h10H,2-5H2,1H3. The van der Waals surface area contributed by atoms with Gasteiger partial charge in [0.25, 0.3) is 0 Å². The summed E-state index contributed by atoms with van der Waals surface area (Å²) in [5.74, 6) is 0. The Bertz CT molecular complexity index is 293. The molecule has 1 rings (SSSR count). The molecule has 0 aromatic rings. The van der Waals surface area contributed by atoms with Gasteiger partial charge >= 0.3 is 0 Å². The molecule has 68 valence electrons. The Balaban J connectivity index is 2.69. The molecule has 0 saturated carbocycles. The molecule has 3 heteroatoms. The van der Waals surface area contributed by atoms with Crippen LogP contribution in [-0.4, -0.2) is 12.7 Å². The smallest absolute Gasteiger partial charge is 0.0958 e. The number of hydrogen-bond acceptors (Lipinski definition) is 3. The maximum atomic E-state index is 8.76. The van der Waals surface area contributed by atoms with Gasteiger partial charge in [0.15, 0.2) is 0 Å². The van der Waals surface area contributed by atoms with Gasteiger partial charge in [-0.2, -0.15) is 10.5 Å². The summed E-state index contributed by atoms with van der Waals surface area (Å²) in [4.78, 5) is 0. The fourth-order valence-electron chi connectivity index (χ4n) is 1.52. The van der Waals surface area contributed by atoms with Crippen molar-refractivity contribution in [2.75, 3.05) is 6.61 Å². The number of ether oxygens (including phenoxy) is 1.